The van der Waals surface area contributed by atoms with Crippen molar-refractivity contribution in [2.75, 3.05) is 24.6 Å². The Morgan fingerprint density at radius 2 is 1.96 bits per heavy atom. The zero-order valence-corrected chi connectivity index (χ0v) is 15.7. The van der Waals surface area contributed by atoms with Gasteiger partial charge < -0.3 is 10.0 Å². The van der Waals surface area contributed by atoms with E-state index in [1.165, 1.54) is 17.4 Å². The number of halogens is 2. The van der Waals surface area contributed by atoms with Crippen LogP contribution in [0.2, 0.25) is 0 Å². The monoisotopic (exact) mass is 404 g/mol. The number of anilines is 1. The van der Waals surface area contributed by atoms with E-state index in [9.17, 15) is 23.5 Å². The Morgan fingerprint density at radius 1 is 1.14 bits per heavy atom. The van der Waals surface area contributed by atoms with Crippen LogP contribution in [0.1, 0.15) is 17.7 Å². The van der Waals surface area contributed by atoms with Gasteiger partial charge >= 0.3 is 0 Å². The van der Waals surface area contributed by atoms with Crippen molar-refractivity contribution in [2.24, 2.45) is 5.92 Å². The summed E-state index contributed by atoms with van der Waals surface area (Å²) < 4.78 is 27.1. The first kappa shape index (κ1) is 18.8. The highest BCUT2D eigenvalue weighted by atomic mass is 32.1. The molecule has 8 heteroatoms. The van der Waals surface area contributed by atoms with Crippen LogP contribution in [0.4, 0.5) is 14.5 Å². The number of carbonyl (C=O) groups excluding carboxylic acids is 2. The van der Waals surface area contributed by atoms with Crippen LogP contribution >= 0.6 is 11.3 Å². The van der Waals surface area contributed by atoms with Gasteiger partial charge in [-0.25, -0.2) is 13.7 Å². The number of rotatable bonds is 4. The molecule has 0 radical (unpaired) electrons. The normalized spacial score (nSPS) is 20.5. The smallest absolute Gasteiger partial charge is 0.282 e. The molecule has 0 bridgehead atoms. The lowest BCUT2D eigenvalue weighted by Crippen LogP contribution is -2.40. The molecular weight excluding hydrogens is 386 g/mol. The second-order valence-corrected chi connectivity index (χ2v) is 7.83. The van der Waals surface area contributed by atoms with Gasteiger partial charge in [0.05, 0.1) is 11.3 Å². The fourth-order valence-electron chi connectivity index (χ4n) is 3.73. The Balaban J connectivity index is 1.79. The molecule has 2 aliphatic rings. The minimum atomic E-state index is -1.12. The molecule has 2 aliphatic heterocycles. The molecule has 1 aromatic carbocycles. The predicted molar refractivity (Wildman–Crippen MR) is 101 cm³/mol. The van der Waals surface area contributed by atoms with Crippen molar-refractivity contribution in [3.63, 3.8) is 0 Å². The van der Waals surface area contributed by atoms with E-state index < -0.39 is 23.4 Å². The lowest BCUT2D eigenvalue weighted by molar-refractivity contribution is -0.120. The summed E-state index contributed by atoms with van der Waals surface area (Å²) in [5.74, 6) is -3.26. The Hall–Kier alpha value is -2.58. The quantitative estimate of drug-likeness (QED) is 0.796. The number of nitrogens with zero attached hydrogens (tertiary/aromatic N) is 2. The summed E-state index contributed by atoms with van der Waals surface area (Å²) in [5, 5.41) is 11.3. The molecule has 1 N–H and O–H groups in total. The molecule has 1 saturated heterocycles. The van der Waals surface area contributed by atoms with Crippen LogP contribution in [0.3, 0.4) is 0 Å². The highest BCUT2D eigenvalue weighted by Crippen LogP contribution is 2.38. The summed E-state index contributed by atoms with van der Waals surface area (Å²) in [5.41, 5.74) is 0.521. The van der Waals surface area contributed by atoms with Gasteiger partial charge in [0.2, 0.25) is 0 Å². The molecule has 0 saturated carbocycles. The second-order valence-electron chi connectivity index (χ2n) is 6.88. The van der Waals surface area contributed by atoms with Gasteiger partial charge in [-0.1, -0.05) is 6.07 Å². The summed E-state index contributed by atoms with van der Waals surface area (Å²) >= 11 is 1.34. The highest BCUT2D eigenvalue weighted by molar-refractivity contribution is 7.11. The average Bonchev–Trinajstić information content (AvgIpc) is 3.30. The van der Waals surface area contributed by atoms with Gasteiger partial charge in [-0.15, -0.1) is 11.3 Å². The summed E-state index contributed by atoms with van der Waals surface area (Å²) in [4.78, 5) is 29.8. The number of hydrogen-bond donors (Lipinski definition) is 1. The number of thiophene rings is 1. The Labute approximate surface area is 164 Å². The lowest BCUT2D eigenvalue weighted by Gasteiger charge is -2.34. The maximum atomic E-state index is 13.7. The van der Waals surface area contributed by atoms with Crippen molar-refractivity contribution in [3.05, 3.63) is 57.9 Å². The number of aliphatic hydroxyl groups is 1. The number of benzene rings is 1. The van der Waals surface area contributed by atoms with E-state index in [0.29, 0.717) is 18.0 Å². The molecule has 1 aromatic heterocycles. The van der Waals surface area contributed by atoms with Crippen molar-refractivity contribution in [3.8, 4) is 0 Å². The number of aliphatic hydroxyl groups excluding tert-OH is 1. The van der Waals surface area contributed by atoms with Gasteiger partial charge in [-0.05, 0) is 42.3 Å². The minimum Gasteiger partial charge on any atom is -0.396 e. The minimum absolute atomic E-state index is 0.00586. The summed E-state index contributed by atoms with van der Waals surface area (Å²) in [6, 6.07) is 6.52. The van der Waals surface area contributed by atoms with Crippen molar-refractivity contribution >= 4 is 34.4 Å². The Bertz CT molecular complexity index is 958. The van der Waals surface area contributed by atoms with E-state index in [0.717, 1.165) is 29.9 Å². The van der Waals surface area contributed by atoms with Crippen LogP contribution in [0, 0.1) is 17.6 Å². The molecule has 4 rings (SSSR count). The zero-order valence-electron chi connectivity index (χ0n) is 14.9. The summed E-state index contributed by atoms with van der Waals surface area (Å²) in [7, 11) is 0. The number of imide groups is 1. The topological polar surface area (TPSA) is 60.9 Å². The number of likely N-dealkylation sites (tertiary alicyclic amines) is 1. The van der Waals surface area contributed by atoms with Gasteiger partial charge in [0.15, 0.2) is 11.6 Å². The molecule has 2 aromatic rings. The largest absolute Gasteiger partial charge is 0.396 e. The first-order valence-corrected chi connectivity index (χ1v) is 9.87. The third-order valence-electron chi connectivity index (χ3n) is 5.08. The van der Waals surface area contributed by atoms with Crippen LogP contribution in [-0.2, 0) is 9.59 Å². The van der Waals surface area contributed by atoms with E-state index >= 15 is 0 Å². The number of piperidine rings is 1. The maximum absolute atomic E-state index is 13.7. The SMILES string of the molecule is O=C1C(c2cccs2)=C(N2CCCC(CO)C2)C(=O)N1c1ccc(F)c(F)c1. The fourth-order valence-corrected chi connectivity index (χ4v) is 4.49. The van der Waals surface area contributed by atoms with Crippen LogP contribution in [-0.4, -0.2) is 41.5 Å². The van der Waals surface area contributed by atoms with E-state index in [4.69, 9.17) is 0 Å². The van der Waals surface area contributed by atoms with Crippen molar-refractivity contribution in [2.45, 2.75) is 12.8 Å². The number of amides is 2. The Kier molecular flexibility index (Phi) is 4.99. The van der Waals surface area contributed by atoms with Gasteiger partial charge in [0.1, 0.15) is 5.70 Å². The molecule has 1 unspecified atom stereocenters. The predicted octanol–water partition coefficient (Wildman–Crippen LogP) is 3.02. The molecule has 28 heavy (non-hydrogen) atoms. The molecule has 3 heterocycles. The average molecular weight is 404 g/mol. The van der Waals surface area contributed by atoms with Crippen molar-refractivity contribution in [1.82, 2.24) is 4.90 Å². The van der Waals surface area contributed by atoms with E-state index in [2.05, 4.69) is 0 Å². The highest BCUT2D eigenvalue weighted by Gasteiger charge is 2.43. The van der Waals surface area contributed by atoms with Gasteiger partial charge in [0, 0.05) is 30.6 Å². The Morgan fingerprint density at radius 3 is 2.64 bits per heavy atom. The molecule has 0 spiro atoms. The van der Waals surface area contributed by atoms with Crippen LogP contribution in [0.15, 0.2) is 41.4 Å². The third-order valence-corrected chi connectivity index (χ3v) is 5.97. The van der Waals surface area contributed by atoms with Crippen LogP contribution in [0.5, 0.6) is 0 Å². The number of carbonyl (C=O) groups is 2. The van der Waals surface area contributed by atoms with E-state index in [-0.39, 0.29) is 29.5 Å². The van der Waals surface area contributed by atoms with Gasteiger partial charge in [0.25, 0.3) is 11.8 Å². The van der Waals surface area contributed by atoms with Gasteiger partial charge in [-0.3, -0.25) is 9.59 Å². The molecule has 146 valence electrons. The molecular formula is C20H18F2N2O3S. The summed E-state index contributed by atoms with van der Waals surface area (Å²) in [6.07, 6.45) is 1.64. The number of hydrogen-bond acceptors (Lipinski definition) is 5. The molecule has 2 amide bonds. The zero-order chi connectivity index (χ0) is 19.8. The molecule has 1 fully saturated rings. The van der Waals surface area contributed by atoms with E-state index in [1.54, 1.807) is 12.1 Å². The van der Waals surface area contributed by atoms with Gasteiger partial charge in [-0.2, -0.15) is 0 Å². The molecule has 1 atom stereocenters. The van der Waals surface area contributed by atoms with Crippen LogP contribution in [0.25, 0.3) is 5.57 Å². The first-order valence-electron chi connectivity index (χ1n) is 8.99. The fraction of sp³-hybridized carbons (Fsp3) is 0.300. The first-order chi connectivity index (χ1) is 13.5. The molecule has 5 nitrogen and oxygen atoms in total. The summed E-state index contributed by atoms with van der Waals surface area (Å²) in [6.45, 7) is 1.06. The second kappa shape index (κ2) is 7.44. The molecule has 0 aliphatic carbocycles. The van der Waals surface area contributed by atoms with Crippen molar-refractivity contribution in [1.29, 1.82) is 0 Å². The lowest BCUT2D eigenvalue weighted by atomic mass is 9.98. The van der Waals surface area contributed by atoms with Crippen molar-refractivity contribution < 1.29 is 23.5 Å². The standard InChI is InChI=1S/C20H18F2N2O3S/c21-14-6-5-13(9-15(14)22)24-19(26)17(16-4-2-8-28-16)18(20(24)27)23-7-1-3-12(10-23)11-25/h2,4-6,8-9,12,25H,1,3,7,10-11H2. The maximum Gasteiger partial charge on any atom is 0.282 e. The van der Waals surface area contributed by atoms with Crippen LogP contribution < -0.4 is 4.90 Å². The third kappa shape index (κ3) is 3.12. The van der Waals surface area contributed by atoms with E-state index in [1.807, 2.05) is 10.3 Å².